The number of halogens is 2. The van der Waals surface area contributed by atoms with Gasteiger partial charge in [0, 0.05) is 17.7 Å². The fourth-order valence-electron chi connectivity index (χ4n) is 2.16. The first-order chi connectivity index (χ1) is 14.3. The lowest BCUT2D eigenvalue weighted by Crippen LogP contribution is -2.34. The van der Waals surface area contributed by atoms with Crippen molar-refractivity contribution in [1.29, 1.82) is 0 Å². The molecule has 0 radical (unpaired) electrons. The van der Waals surface area contributed by atoms with Crippen LogP contribution in [0.1, 0.15) is 15.9 Å². The molecule has 0 saturated carbocycles. The van der Waals surface area contributed by atoms with E-state index in [4.69, 9.17) is 0 Å². The van der Waals surface area contributed by atoms with Gasteiger partial charge in [-0.2, -0.15) is 8.78 Å². The van der Waals surface area contributed by atoms with Crippen LogP contribution in [0.15, 0.2) is 54.6 Å². The molecule has 0 saturated heterocycles. The molecule has 2 amide bonds. The zero-order valence-electron chi connectivity index (χ0n) is 15.1. The molecule has 2 aromatic rings. The lowest BCUT2D eigenvalue weighted by Gasteiger charge is -2.06. The van der Waals surface area contributed by atoms with Crippen LogP contribution >= 0.6 is 0 Å². The summed E-state index contributed by atoms with van der Waals surface area (Å²) in [5.74, 6) is -2.88. The summed E-state index contributed by atoms with van der Waals surface area (Å²) in [4.78, 5) is 45.6. The molecule has 2 aromatic carbocycles. The minimum absolute atomic E-state index is 0.00687. The normalized spacial score (nSPS) is 10.6. The summed E-state index contributed by atoms with van der Waals surface area (Å²) in [5.41, 5.74) is -0.0548. The second kappa shape index (κ2) is 10.4. The molecule has 30 heavy (non-hydrogen) atoms. The highest BCUT2D eigenvalue weighted by Gasteiger charge is 2.13. The SMILES string of the molecule is O=C(COC(=O)/C=C/c1ccccc1[N+](=O)[O-])NC(=O)c1ccc(OC(F)F)cc1. The average Bonchev–Trinajstić information content (AvgIpc) is 2.70. The van der Waals surface area contributed by atoms with Gasteiger partial charge in [0.2, 0.25) is 0 Å². The number of imide groups is 1. The summed E-state index contributed by atoms with van der Waals surface area (Å²) in [6.07, 6.45) is 2.06. The van der Waals surface area contributed by atoms with E-state index >= 15 is 0 Å². The molecule has 0 aliphatic rings. The number of hydrogen-bond acceptors (Lipinski definition) is 7. The highest BCUT2D eigenvalue weighted by atomic mass is 19.3. The van der Waals surface area contributed by atoms with Crippen molar-refractivity contribution in [3.8, 4) is 5.75 Å². The lowest BCUT2D eigenvalue weighted by atomic mass is 10.1. The van der Waals surface area contributed by atoms with E-state index < -0.39 is 35.9 Å². The van der Waals surface area contributed by atoms with Crippen LogP contribution in [0.2, 0.25) is 0 Å². The van der Waals surface area contributed by atoms with E-state index in [9.17, 15) is 33.3 Å². The summed E-state index contributed by atoms with van der Waals surface area (Å²) in [5, 5.41) is 12.8. The number of carbonyl (C=O) groups is 3. The monoisotopic (exact) mass is 420 g/mol. The minimum Gasteiger partial charge on any atom is -0.452 e. The molecule has 0 heterocycles. The van der Waals surface area contributed by atoms with Crippen LogP contribution < -0.4 is 10.1 Å². The van der Waals surface area contributed by atoms with Gasteiger partial charge in [-0.25, -0.2) is 4.79 Å². The summed E-state index contributed by atoms with van der Waals surface area (Å²) < 4.78 is 33.0. The van der Waals surface area contributed by atoms with Crippen molar-refractivity contribution >= 4 is 29.5 Å². The molecule has 0 aliphatic carbocycles. The Labute approximate surface area is 168 Å². The van der Waals surface area contributed by atoms with E-state index in [2.05, 4.69) is 9.47 Å². The molecule has 9 nitrogen and oxygen atoms in total. The molecule has 0 spiro atoms. The fourth-order valence-corrected chi connectivity index (χ4v) is 2.16. The number of para-hydroxylation sites is 1. The van der Waals surface area contributed by atoms with E-state index in [1.54, 1.807) is 6.07 Å². The number of carbonyl (C=O) groups excluding carboxylic acids is 3. The van der Waals surface area contributed by atoms with Gasteiger partial charge in [0.25, 0.3) is 17.5 Å². The Morgan fingerprint density at radius 1 is 1.10 bits per heavy atom. The molecule has 156 valence electrons. The Hall–Kier alpha value is -4.15. The van der Waals surface area contributed by atoms with Crippen molar-refractivity contribution in [1.82, 2.24) is 5.32 Å². The molecule has 0 bridgehead atoms. The maximum Gasteiger partial charge on any atom is 0.387 e. The molecule has 2 rings (SSSR count). The molecule has 1 N–H and O–H groups in total. The smallest absolute Gasteiger partial charge is 0.387 e. The van der Waals surface area contributed by atoms with Crippen LogP contribution in [0.3, 0.4) is 0 Å². The molecule has 11 heteroatoms. The van der Waals surface area contributed by atoms with Gasteiger partial charge in [0.1, 0.15) is 5.75 Å². The quantitative estimate of drug-likeness (QED) is 0.301. The van der Waals surface area contributed by atoms with Gasteiger partial charge in [0.05, 0.1) is 10.5 Å². The second-order valence-electron chi connectivity index (χ2n) is 5.54. The first kappa shape index (κ1) is 22.1. The number of benzene rings is 2. The highest BCUT2D eigenvalue weighted by molar-refractivity contribution is 6.05. The van der Waals surface area contributed by atoms with E-state index in [0.717, 1.165) is 24.3 Å². The van der Waals surface area contributed by atoms with E-state index in [-0.39, 0.29) is 22.6 Å². The number of nitro benzene ring substituents is 1. The first-order valence-electron chi connectivity index (χ1n) is 8.23. The Balaban J connectivity index is 1.84. The van der Waals surface area contributed by atoms with Gasteiger partial charge in [-0.1, -0.05) is 12.1 Å². The van der Waals surface area contributed by atoms with Crippen molar-refractivity contribution in [2.75, 3.05) is 6.61 Å². The summed E-state index contributed by atoms with van der Waals surface area (Å²) >= 11 is 0. The third-order valence-corrected chi connectivity index (χ3v) is 3.47. The van der Waals surface area contributed by atoms with Crippen molar-refractivity contribution < 1.29 is 37.6 Å². The number of alkyl halides is 2. The number of amides is 2. The molecular formula is C19H14F2N2O7. The van der Waals surface area contributed by atoms with Crippen molar-refractivity contribution in [3.05, 3.63) is 75.8 Å². The molecule has 0 aliphatic heterocycles. The molecule has 0 aromatic heterocycles. The van der Waals surface area contributed by atoms with Crippen LogP contribution in [-0.4, -0.2) is 35.9 Å². The second-order valence-corrected chi connectivity index (χ2v) is 5.54. The minimum atomic E-state index is -3.01. The Kier molecular flexibility index (Phi) is 7.68. The standard InChI is InChI=1S/C19H14F2N2O7/c20-19(21)30-14-8-5-13(6-9-14)18(26)22-16(24)11-29-17(25)10-7-12-3-1-2-4-15(12)23(27)28/h1-10,19H,11H2,(H,22,24,26)/b10-7+. The van der Waals surface area contributed by atoms with Crippen LogP contribution in [0.4, 0.5) is 14.5 Å². The largest absolute Gasteiger partial charge is 0.452 e. The van der Waals surface area contributed by atoms with Crippen LogP contribution in [0, 0.1) is 10.1 Å². The van der Waals surface area contributed by atoms with Gasteiger partial charge >= 0.3 is 12.6 Å². The third-order valence-electron chi connectivity index (χ3n) is 3.47. The van der Waals surface area contributed by atoms with Crippen LogP contribution in [-0.2, 0) is 14.3 Å². The predicted molar refractivity (Wildman–Crippen MR) is 98.6 cm³/mol. The van der Waals surface area contributed by atoms with Crippen molar-refractivity contribution in [2.24, 2.45) is 0 Å². The maximum atomic E-state index is 12.1. The Morgan fingerprint density at radius 3 is 2.40 bits per heavy atom. The summed E-state index contributed by atoms with van der Waals surface area (Å²) in [7, 11) is 0. The van der Waals surface area contributed by atoms with Crippen molar-refractivity contribution in [3.63, 3.8) is 0 Å². The highest BCUT2D eigenvalue weighted by Crippen LogP contribution is 2.19. The van der Waals surface area contributed by atoms with Crippen LogP contribution in [0.25, 0.3) is 6.08 Å². The number of ether oxygens (including phenoxy) is 2. The van der Waals surface area contributed by atoms with Crippen LogP contribution in [0.5, 0.6) is 5.75 Å². The molecule has 0 atom stereocenters. The van der Waals surface area contributed by atoms with Crippen molar-refractivity contribution in [2.45, 2.75) is 6.61 Å². The number of esters is 1. The van der Waals surface area contributed by atoms with Gasteiger partial charge in [0.15, 0.2) is 6.61 Å². The molecule has 0 fully saturated rings. The zero-order chi connectivity index (χ0) is 22.1. The van der Waals surface area contributed by atoms with Gasteiger partial charge in [-0.3, -0.25) is 25.0 Å². The van der Waals surface area contributed by atoms with E-state index in [1.165, 1.54) is 30.3 Å². The first-order valence-corrected chi connectivity index (χ1v) is 8.23. The number of rotatable bonds is 8. The van der Waals surface area contributed by atoms with E-state index in [1.807, 2.05) is 5.32 Å². The van der Waals surface area contributed by atoms with Gasteiger partial charge in [-0.05, 0) is 36.4 Å². The molecular weight excluding hydrogens is 406 g/mol. The Bertz CT molecular complexity index is 975. The Morgan fingerprint density at radius 2 is 1.77 bits per heavy atom. The summed E-state index contributed by atoms with van der Waals surface area (Å²) in [6, 6.07) is 10.3. The maximum absolute atomic E-state index is 12.1. The lowest BCUT2D eigenvalue weighted by molar-refractivity contribution is -0.385. The summed E-state index contributed by atoms with van der Waals surface area (Å²) in [6.45, 7) is -3.79. The third kappa shape index (κ3) is 6.78. The number of nitrogens with one attached hydrogen (secondary N) is 1. The fraction of sp³-hybridized carbons (Fsp3) is 0.105. The van der Waals surface area contributed by atoms with Gasteiger partial charge in [-0.15, -0.1) is 0 Å². The molecule has 0 unspecified atom stereocenters. The topological polar surface area (TPSA) is 125 Å². The number of hydrogen-bond donors (Lipinski definition) is 1. The average molecular weight is 420 g/mol. The van der Waals surface area contributed by atoms with E-state index in [0.29, 0.717) is 0 Å². The number of nitrogens with zero attached hydrogens (tertiary/aromatic N) is 1. The zero-order valence-corrected chi connectivity index (χ0v) is 15.1. The predicted octanol–water partition coefficient (Wildman–Crippen LogP) is 2.71. The van der Waals surface area contributed by atoms with Gasteiger partial charge < -0.3 is 9.47 Å². The number of nitro groups is 1.